The highest BCUT2D eigenvalue weighted by atomic mass is 15.3. The minimum Gasteiger partial charge on any atom is -0.351 e. The molecule has 0 aromatic carbocycles. The van der Waals surface area contributed by atoms with Gasteiger partial charge in [-0.2, -0.15) is 5.10 Å². The molecular weight excluding hydrogens is 212 g/mol. The molecule has 1 aliphatic heterocycles. The molecule has 4 nitrogen and oxygen atoms in total. The lowest BCUT2D eigenvalue weighted by molar-refractivity contribution is 0.692. The Balaban J connectivity index is 2.00. The SMILES string of the molecule is CCNCc1ccc(N2CCC=C(C)C2)nn1. The van der Waals surface area contributed by atoms with Gasteiger partial charge in [-0.1, -0.05) is 18.6 Å². The molecule has 0 saturated heterocycles. The van der Waals surface area contributed by atoms with Crippen LogP contribution in [0.2, 0.25) is 0 Å². The van der Waals surface area contributed by atoms with Gasteiger partial charge in [0, 0.05) is 19.6 Å². The van der Waals surface area contributed by atoms with Crippen molar-refractivity contribution in [3.05, 3.63) is 29.5 Å². The van der Waals surface area contributed by atoms with Crippen LogP contribution in [0.3, 0.4) is 0 Å². The first-order valence-electron chi connectivity index (χ1n) is 6.23. The maximum absolute atomic E-state index is 4.30. The Hall–Kier alpha value is -1.42. The van der Waals surface area contributed by atoms with Gasteiger partial charge in [-0.05, 0) is 32.0 Å². The van der Waals surface area contributed by atoms with Gasteiger partial charge in [0.05, 0.1) is 5.69 Å². The normalized spacial score (nSPS) is 15.9. The maximum atomic E-state index is 4.30. The number of anilines is 1. The van der Waals surface area contributed by atoms with Crippen molar-refractivity contribution in [1.29, 1.82) is 0 Å². The maximum Gasteiger partial charge on any atom is 0.151 e. The van der Waals surface area contributed by atoms with Crippen molar-refractivity contribution in [3.8, 4) is 0 Å². The summed E-state index contributed by atoms with van der Waals surface area (Å²) in [7, 11) is 0. The molecule has 92 valence electrons. The summed E-state index contributed by atoms with van der Waals surface area (Å²) < 4.78 is 0. The molecule has 0 bridgehead atoms. The topological polar surface area (TPSA) is 41.0 Å². The molecule has 0 saturated carbocycles. The van der Waals surface area contributed by atoms with Gasteiger partial charge in [-0.15, -0.1) is 5.10 Å². The van der Waals surface area contributed by atoms with Crippen LogP contribution in [-0.4, -0.2) is 29.8 Å². The van der Waals surface area contributed by atoms with E-state index in [1.807, 2.05) is 0 Å². The van der Waals surface area contributed by atoms with Crippen molar-refractivity contribution in [2.45, 2.75) is 26.8 Å². The Bertz CT molecular complexity index is 383. The molecular formula is C13H20N4. The van der Waals surface area contributed by atoms with Crippen molar-refractivity contribution in [3.63, 3.8) is 0 Å². The van der Waals surface area contributed by atoms with Crippen LogP contribution in [0.4, 0.5) is 5.82 Å². The van der Waals surface area contributed by atoms with E-state index in [4.69, 9.17) is 0 Å². The molecule has 17 heavy (non-hydrogen) atoms. The van der Waals surface area contributed by atoms with Crippen LogP contribution in [-0.2, 0) is 6.54 Å². The fourth-order valence-corrected chi connectivity index (χ4v) is 1.98. The van der Waals surface area contributed by atoms with Gasteiger partial charge in [-0.3, -0.25) is 0 Å². The van der Waals surface area contributed by atoms with E-state index in [0.29, 0.717) is 0 Å². The van der Waals surface area contributed by atoms with Gasteiger partial charge >= 0.3 is 0 Å². The van der Waals surface area contributed by atoms with Crippen LogP contribution < -0.4 is 10.2 Å². The lowest BCUT2D eigenvalue weighted by atomic mass is 10.1. The second-order valence-electron chi connectivity index (χ2n) is 4.42. The number of nitrogens with zero attached hydrogens (tertiary/aromatic N) is 3. The number of aromatic nitrogens is 2. The van der Waals surface area contributed by atoms with Gasteiger partial charge < -0.3 is 10.2 Å². The Morgan fingerprint density at radius 2 is 2.24 bits per heavy atom. The molecule has 0 radical (unpaired) electrons. The average molecular weight is 232 g/mol. The first kappa shape index (κ1) is 12.0. The molecule has 1 N–H and O–H groups in total. The summed E-state index contributed by atoms with van der Waals surface area (Å²) in [5, 5.41) is 11.8. The highest BCUT2D eigenvalue weighted by Crippen LogP contribution is 2.16. The summed E-state index contributed by atoms with van der Waals surface area (Å²) in [5.74, 6) is 0.984. The minimum atomic E-state index is 0.794. The molecule has 4 heteroatoms. The third-order valence-electron chi connectivity index (χ3n) is 2.92. The summed E-state index contributed by atoms with van der Waals surface area (Å²) in [6.07, 6.45) is 3.40. The van der Waals surface area contributed by atoms with Crippen LogP contribution in [0.5, 0.6) is 0 Å². The molecule has 0 spiro atoms. The summed E-state index contributed by atoms with van der Waals surface area (Å²) >= 11 is 0. The molecule has 2 rings (SSSR count). The van der Waals surface area contributed by atoms with Crippen molar-refractivity contribution in [2.24, 2.45) is 0 Å². The largest absolute Gasteiger partial charge is 0.351 e. The summed E-state index contributed by atoms with van der Waals surface area (Å²) in [5.41, 5.74) is 2.41. The van der Waals surface area contributed by atoms with Crippen LogP contribution in [0.25, 0.3) is 0 Å². The van der Waals surface area contributed by atoms with Gasteiger partial charge in [0.2, 0.25) is 0 Å². The lowest BCUT2D eigenvalue weighted by Gasteiger charge is -2.26. The van der Waals surface area contributed by atoms with Crippen molar-refractivity contribution < 1.29 is 0 Å². The fourth-order valence-electron chi connectivity index (χ4n) is 1.98. The Morgan fingerprint density at radius 3 is 2.88 bits per heavy atom. The van der Waals surface area contributed by atoms with Crippen molar-refractivity contribution >= 4 is 5.82 Å². The van der Waals surface area contributed by atoms with E-state index < -0.39 is 0 Å². The predicted octanol–water partition coefficient (Wildman–Crippen LogP) is 1.74. The van der Waals surface area contributed by atoms with Gasteiger partial charge in [0.1, 0.15) is 0 Å². The summed E-state index contributed by atoms with van der Waals surface area (Å²) in [4.78, 5) is 2.28. The second-order valence-corrected chi connectivity index (χ2v) is 4.42. The molecule has 1 aromatic heterocycles. The molecule has 1 aromatic rings. The number of rotatable bonds is 4. The first-order chi connectivity index (χ1) is 8.29. The van der Waals surface area contributed by atoms with Crippen LogP contribution in [0.15, 0.2) is 23.8 Å². The zero-order chi connectivity index (χ0) is 12.1. The second kappa shape index (κ2) is 5.77. The van der Waals surface area contributed by atoms with E-state index in [9.17, 15) is 0 Å². The van der Waals surface area contributed by atoms with Crippen molar-refractivity contribution in [1.82, 2.24) is 15.5 Å². The number of hydrogen-bond donors (Lipinski definition) is 1. The summed E-state index contributed by atoms with van der Waals surface area (Å²) in [6.45, 7) is 8.02. The number of nitrogens with one attached hydrogen (secondary N) is 1. The zero-order valence-electron chi connectivity index (χ0n) is 10.6. The average Bonchev–Trinajstić information content (AvgIpc) is 2.37. The van der Waals surface area contributed by atoms with Gasteiger partial charge in [0.15, 0.2) is 5.82 Å². The standard InChI is InChI=1S/C13H20N4/c1-3-14-9-12-6-7-13(16-15-12)17-8-4-5-11(2)10-17/h5-7,14H,3-4,8-10H2,1-2H3. The quantitative estimate of drug-likeness (QED) is 0.803. The Morgan fingerprint density at radius 1 is 1.35 bits per heavy atom. The third-order valence-corrected chi connectivity index (χ3v) is 2.92. The van der Waals surface area contributed by atoms with E-state index in [0.717, 1.165) is 44.1 Å². The molecule has 0 fully saturated rings. The van der Waals surface area contributed by atoms with E-state index in [1.54, 1.807) is 0 Å². The van der Waals surface area contributed by atoms with Crippen LogP contribution in [0, 0.1) is 0 Å². The van der Waals surface area contributed by atoms with Crippen molar-refractivity contribution in [2.75, 3.05) is 24.5 Å². The fraction of sp³-hybridized carbons (Fsp3) is 0.538. The zero-order valence-corrected chi connectivity index (χ0v) is 10.6. The van der Waals surface area contributed by atoms with Crippen LogP contribution >= 0.6 is 0 Å². The molecule has 0 unspecified atom stereocenters. The first-order valence-corrected chi connectivity index (χ1v) is 6.23. The third kappa shape index (κ3) is 3.27. The smallest absolute Gasteiger partial charge is 0.151 e. The number of hydrogen-bond acceptors (Lipinski definition) is 4. The van der Waals surface area contributed by atoms with Gasteiger partial charge in [-0.25, -0.2) is 0 Å². The Kier molecular flexibility index (Phi) is 4.09. The van der Waals surface area contributed by atoms with Crippen LogP contribution in [0.1, 0.15) is 26.0 Å². The van der Waals surface area contributed by atoms with E-state index in [1.165, 1.54) is 5.57 Å². The molecule has 0 atom stereocenters. The summed E-state index contributed by atoms with van der Waals surface area (Å²) in [6, 6.07) is 4.12. The minimum absolute atomic E-state index is 0.794. The van der Waals surface area contributed by atoms with Gasteiger partial charge in [0.25, 0.3) is 0 Å². The van der Waals surface area contributed by atoms with E-state index in [2.05, 4.69) is 52.5 Å². The van der Waals surface area contributed by atoms with E-state index >= 15 is 0 Å². The highest BCUT2D eigenvalue weighted by Gasteiger charge is 2.12. The molecule has 1 aliphatic rings. The van der Waals surface area contributed by atoms with E-state index in [-0.39, 0.29) is 0 Å². The predicted molar refractivity (Wildman–Crippen MR) is 70.0 cm³/mol. The highest BCUT2D eigenvalue weighted by molar-refractivity contribution is 5.40. The lowest BCUT2D eigenvalue weighted by Crippen LogP contribution is -2.30. The molecule has 0 amide bonds. The molecule has 0 aliphatic carbocycles. The monoisotopic (exact) mass is 232 g/mol. The molecule has 2 heterocycles. The Labute approximate surface area is 103 Å².